The topological polar surface area (TPSA) is 98.2 Å². The standard InChI is InChI=1S/C19H23N3O5/c1-19-10-9-15(23)22(19)14-7-4-3-6-13(14)18(27)21(19)12-16(24)20(2)11-5-8-17(25)26/h3-4,6-7H,5,8-12H2,1-2H3,(H,25,26). The van der Waals surface area contributed by atoms with Gasteiger partial charge in [-0.1, -0.05) is 12.1 Å². The number of hydrogen-bond donors (Lipinski definition) is 1. The number of benzene rings is 1. The van der Waals surface area contributed by atoms with Crippen molar-refractivity contribution in [3.8, 4) is 0 Å². The lowest BCUT2D eigenvalue weighted by atomic mass is 9.98. The van der Waals surface area contributed by atoms with Gasteiger partial charge in [0, 0.05) is 26.4 Å². The van der Waals surface area contributed by atoms with Gasteiger partial charge in [0.15, 0.2) is 0 Å². The zero-order valence-electron chi connectivity index (χ0n) is 15.5. The van der Waals surface area contributed by atoms with Crippen molar-refractivity contribution in [2.45, 2.75) is 38.3 Å². The first kappa shape index (κ1) is 18.9. The average Bonchev–Trinajstić information content (AvgIpc) is 2.94. The second-order valence-electron chi connectivity index (χ2n) is 7.17. The summed E-state index contributed by atoms with van der Waals surface area (Å²) in [6, 6.07) is 6.94. The third-order valence-corrected chi connectivity index (χ3v) is 5.35. The quantitative estimate of drug-likeness (QED) is 0.811. The van der Waals surface area contributed by atoms with E-state index in [4.69, 9.17) is 5.11 Å². The smallest absolute Gasteiger partial charge is 0.303 e. The minimum Gasteiger partial charge on any atom is -0.481 e. The van der Waals surface area contributed by atoms with Gasteiger partial charge in [-0.15, -0.1) is 0 Å². The van der Waals surface area contributed by atoms with E-state index in [0.717, 1.165) is 0 Å². The van der Waals surface area contributed by atoms with E-state index < -0.39 is 11.6 Å². The Morgan fingerprint density at radius 2 is 1.96 bits per heavy atom. The lowest BCUT2D eigenvalue weighted by Gasteiger charge is -2.48. The molecule has 1 fully saturated rings. The lowest BCUT2D eigenvalue weighted by Crippen LogP contribution is -2.63. The number of amides is 3. The molecule has 1 aromatic carbocycles. The van der Waals surface area contributed by atoms with E-state index in [1.807, 2.05) is 6.92 Å². The fourth-order valence-corrected chi connectivity index (χ4v) is 3.79. The summed E-state index contributed by atoms with van der Waals surface area (Å²) in [5.41, 5.74) is 0.123. The van der Waals surface area contributed by atoms with Gasteiger partial charge in [0.2, 0.25) is 11.8 Å². The number of para-hydroxylation sites is 1. The van der Waals surface area contributed by atoms with Crippen LogP contribution in [0.5, 0.6) is 0 Å². The lowest BCUT2D eigenvalue weighted by molar-refractivity contribution is -0.138. The van der Waals surface area contributed by atoms with E-state index >= 15 is 0 Å². The number of likely N-dealkylation sites (N-methyl/N-ethyl adjacent to an activating group) is 1. The van der Waals surface area contributed by atoms with Crippen LogP contribution in [0.4, 0.5) is 5.69 Å². The summed E-state index contributed by atoms with van der Waals surface area (Å²) < 4.78 is 0. The molecule has 0 bridgehead atoms. The highest BCUT2D eigenvalue weighted by Gasteiger charge is 2.53. The Morgan fingerprint density at radius 1 is 1.26 bits per heavy atom. The first-order chi connectivity index (χ1) is 12.8. The minimum absolute atomic E-state index is 0.0202. The first-order valence-electron chi connectivity index (χ1n) is 8.95. The Hall–Kier alpha value is -2.90. The SMILES string of the molecule is CN(CCCC(=O)O)C(=O)CN1C(=O)c2ccccc2N2C(=O)CCC12C. The monoisotopic (exact) mass is 373 g/mol. The van der Waals surface area contributed by atoms with E-state index in [-0.39, 0.29) is 30.7 Å². The number of carbonyl (C=O) groups is 4. The zero-order chi connectivity index (χ0) is 19.8. The predicted molar refractivity (Wildman–Crippen MR) is 97.1 cm³/mol. The number of nitrogens with zero attached hydrogens (tertiary/aromatic N) is 3. The summed E-state index contributed by atoms with van der Waals surface area (Å²) in [5, 5.41) is 8.72. The van der Waals surface area contributed by atoms with Crippen LogP contribution in [0.3, 0.4) is 0 Å². The molecule has 2 aliphatic rings. The van der Waals surface area contributed by atoms with E-state index in [0.29, 0.717) is 37.1 Å². The summed E-state index contributed by atoms with van der Waals surface area (Å²) in [7, 11) is 1.59. The van der Waals surface area contributed by atoms with E-state index in [2.05, 4.69) is 0 Å². The maximum atomic E-state index is 13.1. The molecule has 1 atom stereocenters. The van der Waals surface area contributed by atoms with Gasteiger partial charge in [0.05, 0.1) is 11.3 Å². The second-order valence-corrected chi connectivity index (χ2v) is 7.17. The van der Waals surface area contributed by atoms with Crippen LogP contribution in [0.1, 0.15) is 43.0 Å². The fourth-order valence-electron chi connectivity index (χ4n) is 3.79. The number of carboxylic acid groups (broad SMARTS) is 1. The molecule has 3 rings (SSSR count). The Balaban J connectivity index is 1.83. The molecule has 0 saturated carbocycles. The van der Waals surface area contributed by atoms with Crippen LogP contribution in [-0.2, 0) is 14.4 Å². The largest absolute Gasteiger partial charge is 0.481 e. The maximum Gasteiger partial charge on any atom is 0.303 e. The van der Waals surface area contributed by atoms with Crippen molar-refractivity contribution < 1.29 is 24.3 Å². The van der Waals surface area contributed by atoms with Crippen molar-refractivity contribution >= 4 is 29.4 Å². The summed E-state index contributed by atoms with van der Waals surface area (Å²) in [5.74, 6) is -1.53. The van der Waals surface area contributed by atoms with Crippen LogP contribution in [0.25, 0.3) is 0 Å². The number of rotatable bonds is 6. The van der Waals surface area contributed by atoms with Crippen molar-refractivity contribution in [2.75, 3.05) is 25.0 Å². The summed E-state index contributed by atoms with van der Waals surface area (Å²) in [6.45, 7) is 1.95. The number of fused-ring (bicyclic) bond motifs is 3. The Labute approximate surface area is 157 Å². The van der Waals surface area contributed by atoms with E-state index in [9.17, 15) is 19.2 Å². The van der Waals surface area contributed by atoms with E-state index in [1.165, 1.54) is 9.80 Å². The number of anilines is 1. The molecular weight excluding hydrogens is 350 g/mol. The zero-order valence-corrected chi connectivity index (χ0v) is 15.5. The normalized spacial score (nSPS) is 21.1. The minimum atomic E-state index is -0.911. The molecule has 8 heteroatoms. The molecule has 1 N–H and O–H groups in total. The molecule has 2 heterocycles. The highest BCUT2D eigenvalue weighted by atomic mass is 16.4. The van der Waals surface area contributed by atoms with Crippen LogP contribution in [-0.4, -0.2) is 64.4 Å². The van der Waals surface area contributed by atoms with Crippen LogP contribution >= 0.6 is 0 Å². The predicted octanol–water partition coefficient (Wildman–Crippen LogP) is 1.31. The van der Waals surface area contributed by atoms with Gasteiger partial charge in [-0.25, -0.2) is 0 Å². The van der Waals surface area contributed by atoms with Crippen molar-refractivity contribution in [1.29, 1.82) is 0 Å². The van der Waals surface area contributed by atoms with Gasteiger partial charge in [-0.3, -0.25) is 24.1 Å². The van der Waals surface area contributed by atoms with Gasteiger partial charge < -0.3 is 14.9 Å². The fraction of sp³-hybridized carbons (Fsp3) is 0.474. The second kappa shape index (κ2) is 7.02. The van der Waals surface area contributed by atoms with E-state index in [1.54, 1.807) is 36.2 Å². The molecule has 1 unspecified atom stereocenters. The van der Waals surface area contributed by atoms with Crippen molar-refractivity contribution in [1.82, 2.24) is 9.80 Å². The van der Waals surface area contributed by atoms with Gasteiger partial charge in [-0.2, -0.15) is 0 Å². The highest BCUT2D eigenvalue weighted by molar-refractivity contribution is 6.11. The Kier molecular flexibility index (Phi) is 4.91. The first-order valence-corrected chi connectivity index (χ1v) is 8.95. The molecule has 0 spiro atoms. The third-order valence-electron chi connectivity index (χ3n) is 5.35. The molecule has 0 aromatic heterocycles. The van der Waals surface area contributed by atoms with Gasteiger partial charge in [-0.05, 0) is 31.9 Å². The maximum absolute atomic E-state index is 13.1. The number of carbonyl (C=O) groups excluding carboxylic acids is 3. The molecular formula is C19H23N3O5. The number of aliphatic carboxylic acids is 1. The van der Waals surface area contributed by atoms with Gasteiger partial charge >= 0.3 is 5.97 Å². The molecule has 1 aromatic rings. The molecule has 8 nitrogen and oxygen atoms in total. The Bertz CT molecular complexity index is 808. The van der Waals surface area contributed by atoms with Crippen molar-refractivity contribution in [2.24, 2.45) is 0 Å². The average molecular weight is 373 g/mol. The summed E-state index contributed by atoms with van der Waals surface area (Å²) >= 11 is 0. The molecule has 0 radical (unpaired) electrons. The molecule has 0 aliphatic carbocycles. The van der Waals surface area contributed by atoms with Gasteiger partial charge in [0.25, 0.3) is 5.91 Å². The highest BCUT2D eigenvalue weighted by Crippen LogP contribution is 2.43. The van der Waals surface area contributed by atoms with Crippen LogP contribution in [0.15, 0.2) is 24.3 Å². The van der Waals surface area contributed by atoms with Crippen LogP contribution < -0.4 is 4.90 Å². The third kappa shape index (κ3) is 3.27. The summed E-state index contributed by atoms with van der Waals surface area (Å²) in [4.78, 5) is 53.4. The van der Waals surface area contributed by atoms with Gasteiger partial charge in [0.1, 0.15) is 12.2 Å². The molecule has 3 amide bonds. The molecule has 144 valence electrons. The van der Waals surface area contributed by atoms with Crippen molar-refractivity contribution in [3.63, 3.8) is 0 Å². The Morgan fingerprint density at radius 3 is 2.67 bits per heavy atom. The number of hydrogen-bond acceptors (Lipinski definition) is 4. The molecule has 1 saturated heterocycles. The van der Waals surface area contributed by atoms with Crippen molar-refractivity contribution in [3.05, 3.63) is 29.8 Å². The van der Waals surface area contributed by atoms with Crippen LogP contribution in [0, 0.1) is 0 Å². The number of carboxylic acids is 1. The van der Waals surface area contributed by atoms with Crippen LogP contribution in [0.2, 0.25) is 0 Å². The molecule has 27 heavy (non-hydrogen) atoms. The molecule has 2 aliphatic heterocycles. The summed E-state index contributed by atoms with van der Waals surface area (Å²) in [6.07, 6.45) is 1.10.